The summed E-state index contributed by atoms with van der Waals surface area (Å²) in [6, 6.07) is 7.10. The van der Waals surface area contributed by atoms with Crippen molar-refractivity contribution in [2.45, 2.75) is 13.5 Å². The van der Waals surface area contributed by atoms with E-state index in [1.165, 1.54) is 18.2 Å². The minimum Gasteiger partial charge on any atom is -0.363 e. The van der Waals surface area contributed by atoms with E-state index in [2.05, 4.69) is 20.6 Å². The molecule has 0 spiro atoms. The fraction of sp³-hybridized carbons (Fsp3) is 0.267. The van der Waals surface area contributed by atoms with Crippen LogP contribution in [0.5, 0.6) is 0 Å². The summed E-state index contributed by atoms with van der Waals surface area (Å²) in [5.41, 5.74) is 1.21. The smallest absolute Gasteiger partial charge is 0.319 e. The van der Waals surface area contributed by atoms with Crippen LogP contribution in [0.2, 0.25) is 0 Å². The van der Waals surface area contributed by atoms with E-state index in [1.54, 1.807) is 6.07 Å². The maximum absolute atomic E-state index is 13.0. The number of amides is 2. The van der Waals surface area contributed by atoms with Gasteiger partial charge in [-0.2, -0.15) is 0 Å². The summed E-state index contributed by atoms with van der Waals surface area (Å²) in [6.07, 6.45) is 0. The summed E-state index contributed by atoms with van der Waals surface area (Å²) in [7, 11) is 3.77. The van der Waals surface area contributed by atoms with Crippen LogP contribution in [0.4, 0.5) is 20.7 Å². The minimum absolute atomic E-state index is 0.184. The van der Waals surface area contributed by atoms with E-state index >= 15 is 0 Å². The quantitative estimate of drug-likeness (QED) is 0.909. The number of nitrogens with one attached hydrogen (secondary N) is 2. The maximum atomic E-state index is 13.0. The Kier molecular flexibility index (Phi) is 4.88. The lowest BCUT2D eigenvalue weighted by atomic mass is 10.3. The van der Waals surface area contributed by atoms with Crippen LogP contribution in [-0.4, -0.2) is 30.1 Å². The first-order valence-corrected chi connectivity index (χ1v) is 6.76. The monoisotopic (exact) mass is 303 g/mol. The second-order valence-corrected chi connectivity index (χ2v) is 5.00. The van der Waals surface area contributed by atoms with E-state index in [1.807, 2.05) is 32.0 Å². The van der Waals surface area contributed by atoms with Crippen molar-refractivity contribution in [2.24, 2.45) is 0 Å². The molecule has 0 aliphatic heterocycles. The van der Waals surface area contributed by atoms with Crippen LogP contribution in [0.15, 0.2) is 30.3 Å². The lowest BCUT2D eigenvalue weighted by Gasteiger charge is -2.13. The lowest BCUT2D eigenvalue weighted by molar-refractivity contribution is 0.251. The molecular formula is C15H18FN5O. The SMILES string of the molecule is Cc1cc(N(C)C)nc(CNC(=O)Nc2cccc(F)c2)n1. The average molecular weight is 303 g/mol. The highest BCUT2D eigenvalue weighted by Crippen LogP contribution is 2.10. The van der Waals surface area contributed by atoms with Gasteiger partial charge in [-0.25, -0.2) is 19.2 Å². The molecule has 0 saturated carbocycles. The van der Waals surface area contributed by atoms with Gasteiger partial charge in [0.15, 0.2) is 0 Å². The Labute approximate surface area is 128 Å². The van der Waals surface area contributed by atoms with Crippen LogP contribution in [0.25, 0.3) is 0 Å². The molecule has 116 valence electrons. The first-order chi connectivity index (χ1) is 10.4. The first-order valence-electron chi connectivity index (χ1n) is 6.76. The minimum atomic E-state index is -0.442. The largest absolute Gasteiger partial charge is 0.363 e. The van der Waals surface area contributed by atoms with Crippen LogP contribution < -0.4 is 15.5 Å². The summed E-state index contributed by atoms with van der Waals surface area (Å²) < 4.78 is 13.0. The summed E-state index contributed by atoms with van der Waals surface area (Å²) in [5.74, 6) is 0.878. The van der Waals surface area contributed by atoms with Crippen molar-refractivity contribution in [3.63, 3.8) is 0 Å². The predicted octanol–water partition coefficient (Wildman–Crippen LogP) is 2.31. The molecule has 0 atom stereocenters. The molecule has 2 N–H and O–H groups in total. The molecule has 1 heterocycles. The molecule has 22 heavy (non-hydrogen) atoms. The van der Waals surface area contributed by atoms with Crippen LogP contribution in [-0.2, 0) is 6.54 Å². The van der Waals surface area contributed by atoms with Crippen molar-refractivity contribution in [3.05, 3.63) is 47.7 Å². The fourth-order valence-corrected chi connectivity index (χ4v) is 1.82. The van der Waals surface area contributed by atoms with E-state index in [0.29, 0.717) is 11.5 Å². The molecule has 2 amide bonds. The van der Waals surface area contributed by atoms with Crippen molar-refractivity contribution in [3.8, 4) is 0 Å². The van der Waals surface area contributed by atoms with Crippen molar-refractivity contribution in [1.82, 2.24) is 15.3 Å². The van der Waals surface area contributed by atoms with Crippen molar-refractivity contribution in [1.29, 1.82) is 0 Å². The van der Waals surface area contributed by atoms with Gasteiger partial charge < -0.3 is 15.5 Å². The van der Waals surface area contributed by atoms with Gasteiger partial charge in [0.05, 0.1) is 6.54 Å². The van der Waals surface area contributed by atoms with E-state index in [9.17, 15) is 9.18 Å². The van der Waals surface area contributed by atoms with Crippen molar-refractivity contribution >= 4 is 17.5 Å². The number of aromatic nitrogens is 2. The highest BCUT2D eigenvalue weighted by Gasteiger charge is 2.07. The number of urea groups is 1. The number of hydrogen-bond donors (Lipinski definition) is 2. The number of nitrogens with zero attached hydrogens (tertiary/aromatic N) is 3. The average Bonchev–Trinajstić information content (AvgIpc) is 2.44. The van der Waals surface area contributed by atoms with E-state index in [-0.39, 0.29) is 6.54 Å². The number of hydrogen-bond acceptors (Lipinski definition) is 4. The highest BCUT2D eigenvalue weighted by molar-refractivity contribution is 5.89. The number of benzene rings is 1. The Balaban J connectivity index is 1.96. The Morgan fingerprint density at radius 3 is 2.73 bits per heavy atom. The number of halogens is 1. The van der Waals surface area contributed by atoms with E-state index in [4.69, 9.17) is 0 Å². The zero-order valence-corrected chi connectivity index (χ0v) is 12.7. The summed E-state index contributed by atoms with van der Waals surface area (Å²) in [4.78, 5) is 22.3. The third-order valence-corrected chi connectivity index (χ3v) is 2.83. The number of anilines is 2. The lowest BCUT2D eigenvalue weighted by Crippen LogP contribution is -2.29. The molecule has 2 rings (SSSR count). The molecule has 1 aromatic carbocycles. The normalized spacial score (nSPS) is 10.2. The van der Waals surface area contributed by atoms with Crippen LogP contribution in [0, 0.1) is 12.7 Å². The molecular weight excluding hydrogens is 285 g/mol. The van der Waals surface area contributed by atoms with Gasteiger partial charge in [0.25, 0.3) is 0 Å². The summed E-state index contributed by atoms with van der Waals surface area (Å²) >= 11 is 0. The highest BCUT2D eigenvalue weighted by atomic mass is 19.1. The topological polar surface area (TPSA) is 70.2 Å². The maximum Gasteiger partial charge on any atom is 0.319 e. The molecule has 2 aromatic rings. The van der Waals surface area contributed by atoms with Crippen molar-refractivity contribution < 1.29 is 9.18 Å². The van der Waals surface area contributed by atoms with E-state index in [0.717, 1.165) is 11.5 Å². The number of aryl methyl sites for hydroxylation is 1. The van der Waals surface area contributed by atoms with Gasteiger partial charge in [-0.05, 0) is 25.1 Å². The molecule has 0 unspecified atom stereocenters. The third-order valence-electron chi connectivity index (χ3n) is 2.83. The number of rotatable bonds is 4. The van der Waals surface area contributed by atoms with Gasteiger partial charge in [0.1, 0.15) is 17.5 Å². The van der Waals surface area contributed by atoms with Gasteiger partial charge in [-0.1, -0.05) is 6.07 Å². The zero-order chi connectivity index (χ0) is 16.1. The van der Waals surface area contributed by atoms with Gasteiger partial charge in [-0.3, -0.25) is 0 Å². The van der Waals surface area contributed by atoms with Gasteiger partial charge in [0.2, 0.25) is 0 Å². The molecule has 0 aliphatic carbocycles. The Morgan fingerprint density at radius 1 is 1.27 bits per heavy atom. The Bertz CT molecular complexity index is 675. The Hall–Kier alpha value is -2.70. The fourth-order valence-electron chi connectivity index (χ4n) is 1.82. The Morgan fingerprint density at radius 2 is 2.05 bits per heavy atom. The first kappa shape index (κ1) is 15.7. The van der Waals surface area contributed by atoms with Crippen molar-refractivity contribution in [2.75, 3.05) is 24.3 Å². The standard InChI is InChI=1S/C15H18FN5O/c1-10-7-14(21(2)3)20-13(18-10)9-17-15(22)19-12-6-4-5-11(16)8-12/h4-8H,9H2,1-3H3,(H2,17,19,22). The van der Waals surface area contributed by atoms with Crippen LogP contribution >= 0.6 is 0 Å². The van der Waals surface area contributed by atoms with Crippen LogP contribution in [0.1, 0.15) is 11.5 Å². The second-order valence-electron chi connectivity index (χ2n) is 5.00. The second kappa shape index (κ2) is 6.84. The molecule has 7 heteroatoms. The molecule has 0 bridgehead atoms. The predicted molar refractivity (Wildman–Crippen MR) is 83.4 cm³/mol. The number of carbonyl (C=O) groups excluding carboxylic acids is 1. The van der Waals surface area contributed by atoms with Gasteiger partial charge in [-0.15, -0.1) is 0 Å². The summed E-state index contributed by atoms with van der Waals surface area (Å²) in [6.45, 7) is 2.05. The molecule has 0 radical (unpaired) electrons. The molecule has 6 nitrogen and oxygen atoms in total. The molecule has 0 aliphatic rings. The molecule has 0 saturated heterocycles. The van der Waals surface area contributed by atoms with Gasteiger partial charge >= 0.3 is 6.03 Å². The molecule has 0 fully saturated rings. The van der Waals surface area contributed by atoms with Gasteiger partial charge in [0, 0.05) is 31.5 Å². The zero-order valence-electron chi connectivity index (χ0n) is 12.7. The molecule has 1 aromatic heterocycles. The van der Waals surface area contributed by atoms with E-state index < -0.39 is 11.8 Å². The number of carbonyl (C=O) groups is 1. The summed E-state index contributed by atoms with van der Waals surface area (Å²) in [5, 5.41) is 5.19. The van der Waals surface area contributed by atoms with Crippen LogP contribution in [0.3, 0.4) is 0 Å². The third kappa shape index (κ3) is 4.41.